The summed E-state index contributed by atoms with van der Waals surface area (Å²) in [4.78, 5) is -0.0741. The smallest absolute Gasteiger partial charge is 0.294 e. The number of hydrogen-bond acceptors (Lipinski definition) is 3. The maximum absolute atomic E-state index is 10.4. The molecule has 0 heterocycles. The van der Waals surface area contributed by atoms with Gasteiger partial charge in [0.25, 0.3) is 10.1 Å². The quantitative estimate of drug-likeness (QED) is 0.533. The molecule has 4 nitrogen and oxygen atoms in total. The summed E-state index contributed by atoms with van der Waals surface area (Å²) in [5.74, 6) is 0. The van der Waals surface area contributed by atoms with E-state index < -0.39 is 10.1 Å². The van der Waals surface area contributed by atoms with Gasteiger partial charge >= 0.3 is 0 Å². The third kappa shape index (κ3) is 4.39. The zero-order valence-corrected chi connectivity index (χ0v) is 9.50. The molecule has 0 atom stereocenters. The Balaban J connectivity index is 0. The Morgan fingerprint density at radius 1 is 1.08 bits per heavy atom. The molecule has 2 radical (unpaired) electrons. The van der Waals surface area contributed by atoms with Gasteiger partial charge in [0.2, 0.25) is 0 Å². The zero-order valence-electron chi connectivity index (χ0n) is 6.47. The summed E-state index contributed by atoms with van der Waals surface area (Å²) in [6.07, 6.45) is 0. The molecule has 0 aliphatic carbocycles. The summed E-state index contributed by atoms with van der Waals surface area (Å²) in [5, 5.41) is 0. The van der Waals surface area contributed by atoms with Crippen LogP contribution >= 0.6 is 0 Å². The summed E-state index contributed by atoms with van der Waals surface area (Å²) < 4.78 is 29.2. The van der Waals surface area contributed by atoms with Crippen LogP contribution in [0.15, 0.2) is 35.2 Å². The van der Waals surface area contributed by atoms with E-state index in [9.17, 15) is 8.42 Å². The molecular weight excluding hydrogens is 206 g/mol. The molecule has 1 aromatic rings. The van der Waals surface area contributed by atoms with E-state index in [0.717, 1.165) is 0 Å². The zero-order chi connectivity index (χ0) is 7.61. The van der Waals surface area contributed by atoms with Gasteiger partial charge in [0.15, 0.2) is 0 Å². The van der Waals surface area contributed by atoms with E-state index in [0.29, 0.717) is 0 Å². The van der Waals surface area contributed by atoms with Crippen LogP contribution in [-0.4, -0.2) is 50.7 Å². The van der Waals surface area contributed by atoms with E-state index in [1.807, 2.05) is 0 Å². The standard InChI is InChI=1S/C6H6O3S.Ca.H3N/c7-10(8,9)6-4-2-1-3-5-6;;/h1-5H,(H,7,8,9);;1H3. The van der Waals surface area contributed by atoms with Crippen molar-refractivity contribution in [1.82, 2.24) is 6.15 Å². The first-order chi connectivity index (χ1) is 4.61. The maximum atomic E-state index is 10.4. The van der Waals surface area contributed by atoms with Gasteiger partial charge in [-0.05, 0) is 12.1 Å². The van der Waals surface area contributed by atoms with Crippen molar-refractivity contribution in [1.29, 1.82) is 0 Å². The van der Waals surface area contributed by atoms with Crippen LogP contribution < -0.4 is 6.15 Å². The second-order valence-corrected chi connectivity index (χ2v) is 3.21. The van der Waals surface area contributed by atoms with Gasteiger partial charge in [-0.3, -0.25) is 4.55 Å². The molecule has 6 heteroatoms. The van der Waals surface area contributed by atoms with E-state index >= 15 is 0 Å². The van der Waals surface area contributed by atoms with Gasteiger partial charge in [-0.15, -0.1) is 0 Å². The van der Waals surface area contributed by atoms with Crippen LogP contribution in [0.25, 0.3) is 0 Å². The topological polar surface area (TPSA) is 89.4 Å². The minimum absolute atomic E-state index is 0. The van der Waals surface area contributed by atoms with Gasteiger partial charge < -0.3 is 6.15 Å². The summed E-state index contributed by atoms with van der Waals surface area (Å²) >= 11 is 0. The molecule has 0 aliphatic heterocycles. The molecule has 12 heavy (non-hydrogen) atoms. The molecule has 0 aromatic heterocycles. The molecule has 0 unspecified atom stereocenters. The normalized spacial score (nSPS) is 9.42. The molecule has 0 saturated carbocycles. The predicted octanol–water partition coefficient (Wildman–Crippen LogP) is 0.715. The molecule has 0 bridgehead atoms. The van der Waals surface area contributed by atoms with E-state index in [4.69, 9.17) is 4.55 Å². The minimum atomic E-state index is -4.00. The Morgan fingerprint density at radius 3 is 1.75 bits per heavy atom. The van der Waals surface area contributed by atoms with E-state index in [-0.39, 0.29) is 48.8 Å². The van der Waals surface area contributed by atoms with E-state index in [1.165, 1.54) is 12.1 Å². The van der Waals surface area contributed by atoms with Crippen LogP contribution in [0.2, 0.25) is 0 Å². The van der Waals surface area contributed by atoms with Crippen LogP contribution in [0.5, 0.6) is 0 Å². The third-order valence-corrected chi connectivity index (χ3v) is 1.91. The van der Waals surface area contributed by atoms with Gasteiger partial charge in [-0.2, -0.15) is 8.42 Å². The van der Waals surface area contributed by atoms with Crippen molar-refractivity contribution in [2.75, 3.05) is 0 Å². The SMILES string of the molecule is N.O=S(=O)(O)c1ccccc1.[Ca]. The Kier molecular flexibility index (Phi) is 7.31. The average molecular weight is 215 g/mol. The van der Waals surface area contributed by atoms with Crippen LogP contribution in [0, 0.1) is 0 Å². The van der Waals surface area contributed by atoms with Gasteiger partial charge in [-0.1, -0.05) is 18.2 Å². The second kappa shape index (κ2) is 5.90. The molecule has 1 aromatic carbocycles. The molecule has 1 rings (SSSR count). The van der Waals surface area contributed by atoms with Crippen molar-refractivity contribution in [2.45, 2.75) is 4.90 Å². The fraction of sp³-hybridized carbons (Fsp3) is 0. The van der Waals surface area contributed by atoms with Crippen molar-refractivity contribution >= 4 is 47.9 Å². The summed E-state index contributed by atoms with van der Waals surface area (Å²) in [6.45, 7) is 0. The Labute approximate surface area is 101 Å². The van der Waals surface area contributed by atoms with Crippen LogP contribution in [0.4, 0.5) is 0 Å². The van der Waals surface area contributed by atoms with Crippen LogP contribution in [0.3, 0.4) is 0 Å². The van der Waals surface area contributed by atoms with Crippen LogP contribution in [-0.2, 0) is 10.1 Å². The first kappa shape index (κ1) is 14.9. The molecule has 0 saturated heterocycles. The molecule has 64 valence electrons. The van der Waals surface area contributed by atoms with Crippen molar-refractivity contribution in [3.8, 4) is 0 Å². The van der Waals surface area contributed by atoms with Crippen molar-refractivity contribution in [2.24, 2.45) is 0 Å². The van der Waals surface area contributed by atoms with Crippen molar-refractivity contribution < 1.29 is 13.0 Å². The van der Waals surface area contributed by atoms with Gasteiger partial charge in [0.1, 0.15) is 0 Å². The summed E-state index contributed by atoms with van der Waals surface area (Å²) in [7, 11) is -4.00. The molecule has 0 amide bonds. The first-order valence-electron chi connectivity index (χ1n) is 2.63. The van der Waals surface area contributed by atoms with Gasteiger partial charge in [0.05, 0.1) is 4.90 Å². The fourth-order valence-corrected chi connectivity index (χ4v) is 1.09. The van der Waals surface area contributed by atoms with E-state index in [1.54, 1.807) is 18.2 Å². The largest absolute Gasteiger partial charge is 0.344 e. The number of rotatable bonds is 1. The molecule has 0 aliphatic rings. The molecule has 4 N–H and O–H groups in total. The van der Waals surface area contributed by atoms with Crippen LogP contribution in [0.1, 0.15) is 0 Å². The van der Waals surface area contributed by atoms with Gasteiger partial charge in [0, 0.05) is 37.7 Å². The predicted molar refractivity (Wildman–Crippen MR) is 47.0 cm³/mol. The average Bonchev–Trinajstić information content (AvgIpc) is 1.88. The fourth-order valence-electron chi connectivity index (χ4n) is 0.592. The first-order valence-corrected chi connectivity index (χ1v) is 4.07. The monoisotopic (exact) mass is 215 g/mol. The summed E-state index contributed by atoms with van der Waals surface area (Å²) in [6, 6.07) is 7.42. The Morgan fingerprint density at radius 2 is 1.50 bits per heavy atom. The van der Waals surface area contributed by atoms with Crippen molar-refractivity contribution in [3.05, 3.63) is 30.3 Å². The van der Waals surface area contributed by atoms with E-state index in [2.05, 4.69) is 0 Å². The van der Waals surface area contributed by atoms with Gasteiger partial charge in [-0.25, -0.2) is 0 Å². The molecule has 0 spiro atoms. The molecular formula is C6H9CaNO3S. The molecule has 0 fully saturated rings. The van der Waals surface area contributed by atoms with Crippen molar-refractivity contribution in [3.63, 3.8) is 0 Å². The summed E-state index contributed by atoms with van der Waals surface area (Å²) in [5.41, 5.74) is 0. The third-order valence-electron chi connectivity index (χ3n) is 1.04. The number of benzene rings is 1. The number of hydrogen-bond donors (Lipinski definition) is 2. The minimum Gasteiger partial charge on any atom is -0.344 e. The Bertz CT molecular complexity index is 311. The Hall–Kier alpha value is 0.350. The maximum Gasteiger partial charge on any atom is 0.294 e. The second-order valence-electron chi connectivity index (χ2n) is 1.79.